The van der Waals surface area contributed by atoms with Gasteiger partial charge in [-0.1, -0.05) is 62.3 Å². The Morgan fingerprint density at radius 2 is 1.54 bits per heavy atom. The molecule has 13 heteroatoms. The summed E-state index contributed by atoms with van der Waals surface area (Å²) in [7, 11) is -1.95. The number of carboxylic acid groups (broad SMARTS) is 2. The van der Waals surface area contributed by atoms with Gasteiger partial charge >= 0.3 is 12.2 Å². The highest BCUT2D eigenvalue weighted by Crippen LogP contribution is 2.55. The second kappa shape index (κ2) is 9.93. The number of hydrogen-bond donors (Lipinski definition) is 2. The van der Waals surface area contributed by atoms with Gasteiger partial charge in [-0.05, 0) is 58.7 Å². The molecule has 0 aliphatic rings. The normalized spacial score (nSPS) is 13.6. The van der Waals surface area contributed by atoms with E-state index in [1.165, 1.54) is 16.0 Å². The molecule has 2 N–H and O–H groups in total. The van der Waals surface area contributed by atoms with Crippen LogP contribution in [0, 0.1) is 10.8 Å². The van der Waals surface area contributed by atoms with Crippen molar-refractivity contribution in [3.05, 3.63) is 29.7 Å². The number of carbonyl (C=O) groups is 2. The molecule has 0 saturated carbocycles. The molecule has 0 bridgehead atoms. The molecule has 0 aliphatic heterocycles. The SMILES string of the molecule is CC(C)(C)C(c1nnc2ccc(-c3cc(CO[Si](C)(C)C(C)(C)C)ns3)nn12)(N(C(=O)O)C(=O)O)C(C)(C)C. The zero-order valence-electron chi connectivity index (χ0n) is 24.6. The molecule has 214 valence electrons. The van der Waals surface area contributed by atoms with Gasteiger partial charge in [0, 0.05) is 0 Å². The molecule has 0 saturated heterocycles. The quantitative estimate of drug-likeness (QED) is 0.306. The van der Waals surface area contributed by atoms with Gasteiger partial charge in [-0.2, -0.15) is 18.9 Å². The smallest absolute Gasteiger partial charge is 0.417 e. The molecule has 0 unspecified atom stereocenters. The van der Waals surface area contributed by atoms with E-state index in [1.807, 2.05) is 6.07 Å². The molecule has 3 rings (SSSR count). The predicted molar refractivity (Wildman–Crippen MR) is 152 cm³/mol. The van der Waals surface area contributed by atoms with Gasteiger partial charge < -0.3 is 14.6 Å². The molecular formula is C26H40N6O5SSi. The Kier molecular flexibility index (Phi) is 7.80. The molecule has 0 aliphatic carbocycles. The second-order valence-corrected chi connectivity index (χ2v) is 19.0. The highest BCUT2D eigenvalue weighted by molar-refractivity contribution is 7.09. The van der Waals surface area contributed by atoms with Gasteiger partial charge in [0.05, 0.1) is 17.2 Å². The van der Waals surface area contributed by atoms with E-state index in [0.717, 1.165) is 10.6 Å². The van der Waals surface area contributed by atoms with Crippen molar-refractivity contribution in [1.29, 1.82) is 0 Å². The summed E-state index contributed by atoms with van der Waals surface area (Å²) < 4.78 is 12.3. The number of rotatable bonds is 6. The van der Waals surface area contributed by atoms with Crippen molar-refractivity contribution in [1.82, 2.24) is 29.1 Å². The molecular weight excluding hydrogens is 536 g/mol. The molecule has 0 aromatic carbocycles. The molecule has 3 heterocycles. The van der Waals surface area contributed by atoms with Crippen LogP contribution in [0.3, 0.4) is 0 Å². The molecule has 0 fully saturated rings. The van der Waals surface area contributed by atoms with Gasteiger partial charge in [0.2, 0.25) is 0 Å². The van der Waals surface area contributed by atoms with E-state index in [9.17, 15) is 19.8 Å². The molecule has 3 aromatic heterocycles. The Bertz CT molecular complexity index is 1350. The first-order chi connectivity index (χ1) is 17.6. The van der Waals surface area contributed by atoms with Crippen molar-refractivity contribution in [3.63, 3.8) is 0 Å². The van der Waals surface area contributed by atoms with Gasteiger partial charge in [-0.25, -0.2) is 9.59 Å². The number of hydrogen-bond acceptors (Lipinski definition) is 8. The van der Waals surface area contributed by atoms with E-state index in [0.29, 0.717) is 22.8 Å². The Morgan fingerprint density at radius 1 is 0.974 bits per heavy atom. The molecule has 3 aromatic rings. The molecule has 0 atom stereocenters. The second-order valence-electron chi connectivity index (χ2n) is 13.4. The third-order valence-corrected chi connectivity index (χ3v) is 13.0. The topological polar surface area (TPSA) is 143 Å². The van der Waals surface area contributed by atoms with Gasteiger partial charge in [0.1, 0.15) is 11.2 Å². The lowest BCUT2D eigenvalue weighted by Gasteiger charge is -2.54. The van der Waals surface area contributed by atoms with Crippen molar-refractivity contribution >= 4 is 37.7 Å². The number of aromatic nitrogens is 5. The minimum Gasteiger partial charge on any atom is -0.464 e. The highest BCUT2D eigenvalue weighted by Gasteiger charge is 2.63. The summed E-state index contributed by atoms with van der Waals surface area (Å²) >= 11 is 1.28. The van der Waals surface area contributed by atoms with Crippen LogP contribution >= 0.6 is 11.5 Å². The van der Waals surface area contributed by atoms with Crippen LogP contribution in [0.1, 0.15) is 73.8 Å². The fraction of sp³-hybridized carbons (Fsp3) is 0.615. The van der Waals surface area contributed by atoms with Crippen molar-refractivity contribution < 1.29 is 24.2 Å². The first-order valence-corrected chi connectivity index (χ1v) is 16.4. The van der Waals surface area contributed by atoms with E-state index in [-0.39, 0.29) is 10.9 Å². The Balaban J connectivity index is 2.17. The molecule has 0 radical (unpaired) electrons. The predicted octanol–water partition coefficient (Wildman–Crippen LogP) is 6.72. The Morgan fingerprint density at radius 3 is 2.03 bits per heavy atom. The van der Waals surface area contributed by atoms with Crippen LogP contribution in [0.25, 0.3) is 16.2 Å². The molecule has 39 heavy (non-hydrogen) atoms. The van der Waals surface area contributed by atoms with E-state index in [4.69, 9.17) is 9.52 Å². The third kappa shape index (κ3) is 5.31. The third-order valence-electron chi connectivity index (χ3n) is 7.67. The van der Waals surface area contributed by atoms with Crippen molar-refractivity contribution in [3.8, 4) is 10.6 Å². The summed E-state index contributed by atoms with van der Waals surface area (Å²) in [5.41, 5.74) is -1.77. The van der Waals surface area contributed by atoms with Crippen LogP contribution in [0.2, 0.25) is 18.1 Å². The standard InChI is InChI=1S/C26H40N6O5SSi/c1-23(2,3)26(24(4,5)6,31(21(33)34)22(35)36)20-28-27-19-13-12-17(29-32(19)20)18-14-16(30-38-18)15-37-39(10,11)25(7,8)9/h12-14H,15H2,1-11H3,(H,33,34)(H,35,36). The first-order valence-electron chi connectivity index (χ1n) is 12.7. The number of amides is 2. The molecule has 2 amide bonds. The maximum atomic E-state index is 12.4. The lowest BCUT2D eigenvalue weighted by molar-refractivity contribution is -0.0736. The summed E-state index contributed by atoms with van der Waals surface area (Å²) in [6, 6.07) is 5.45. The van der Waals surface area contributed by atoms with Gasteiger partial charge in [0.15, 0.2) is 19.8 Å². The zero-order valence-corrected chi connectivity index (χ0v) is 26.5. The zero-order chi connectivity index (χ0) is 29.8. The summed E-state index contributed by atoms with van der Waals surface area (Å²) in [6.07, 6.45) is -3.21. The van der Waals surface area contributed by atoms with Crippen molar-refractivity contribution in [2.45, 2.75) is 92.6 Å². The lowest BCUT2D eigenvalue weighted by atomic mass is 9.58. The summed E-state index contributed by atoms with van der Waals surface area (Å²) in [5.74, 6) is 0.121. The van der Waals surface area contributed by atoms with Gasteiger partial charge in [-0.15, -0.1) is 10.2 Å². The van der Waals surface area contributed by atoms with E-state index < -0.39 is 36.9 Å². The fourth-order valence-electron chi connectivity index (χ4n) is 5.05. The highest BCUT2D eigenvalue weighted by atomic mass is 32.1. The maximum absolute atomic E-state index is 12.4. The summed E-state index contributed by atoms with van der Waals surface area (Å²) in [6.45, 7) is 22.1. The van der Waals surface area contributed by atoms with Crippen molar-refractivity contribution in [2.75, 3.05) is 0 Å². The monoisotopic (exact) mass is 576 g/mol. The van der Waals surface area contributed by atoms with Crippen LogP contribution in [0.4, 0.5) is 9.59 Å². The Labute approximate surface area is 234 Å². The van der Waals surface area contributed by atoms with Crippen LogP contribution < -0.4 is 0 Å². The maximum Gasteiger partial charge on any atom is 0.417 e. The lowest BCUT2D eigenvalue weighted by Crippen LogP contribution is -2.65. The number of fused-ring (bicyclic) bond motifs is 1. The minimum atomic E-state index is -1.95. The van der Waals surface area contributed by atoms with Gasteiger partial charge in [0.25, 0.3) is 0 Å². The average molecular weight is 577 g/mol. The van der Waals surface area contributed by atoms with Gasteiger partial charge in [-0.3, -0.25) is 0 Å². The minimum absolute atomic E-state index is 0.0790. The van der Waals surface area contributed by atoms with E-state index >= 15 is 0 Å². The first kappa shape index (κ1) is 30.6. The number of imide groups is 1. The number of nitrogens with zero attached hydrogens (tertiary/aromatic N) is 6. The van der Waals surface area contributed by atoms with Crippen LogP contribution in [0.5, 0.6) is 0 Å². The molecule has 0 spiro atoms. The summed E-state index contributed by atoms with van der Waals surface area (Å²) in [4.78, 5) is 26.1. The fourth-order valence-corrected chi connectivity index (χ4v) is 6.71. The Hall–Kier alpha value is -2.90. The van der Waals surface area contributed by atoms with Crippen LogP contribution in [-0.4, -0.2) is 59.8 Å². The van der Waals surface area contributed by atoms with E-state index in [2.05, 4.69) is 48.4 Å². The summed E-state index contributed by atoms with van der Waals surface area (Å²) in [5, 5.41) is 33.7. The van der Waals surface area contributed by atoms with Crippen molar-refractivity contribution in [2.24, 2.45) is 10.8 Å². The average Bonchev–Trinajstić information content (AvgIpc) is 3.39. The molecule has 11 nitrogen and oxygen atoms in total. The van der Waals surface area contributed by atoms with Crippen LogP contribution in [-0.2, 0) is 16.6 Å². The van der Waals surface area contributed by atoms with E-state index in [1.54, 1.807) is 53.7 Å². The van der Waals surface area contributed by atoms with Crippen LogP contribution in [0.15, 0.2) is 18.2 Å². The largest absolute Gasteiger partial charge is 0.464 e.